The molecule has 1 saturated heterocycles. The summed E-state index contributed by atoms with van der Waals surface area (Å²) in [7, 11) is 0. The number of rotatable bonds is 4. The van der Waals surface area contributed by atoms with Gasteiger partial charge >= 0.3 is 0 Å². The number of nitrogens with zero attached hydrogens (tertiary/aromatic N) is 1. The molecule has 15 heavy (non-hydrogen) atoms. The Labute approximate surface area is 94.2 Å². The van der Waals surface area contributed by atoms with E-state index >= 15 is 0 Å². The van der Waals surface area contributed by atoms with Gasteiger partial charge in [0.2, 0.25) is 0 Å². The van der Waals surface area contributed by atoms with Crippen LogP contribution in [0.4, 0.5) is 0 Å². The second kappa shape index (κ2) is 5.28. The molecule has 1 fully saturated rings. The summed E-state index contributed by atoms with van der Waals surface area (Å²) in [4.78, 5) is 2.50. The van der Waals surface area contributed by atoms with E-state index in [0.717, 1.165) is 26.2 Å². The molecule has 2 atom stereocenters. The first-order chi connectivity index (χ1) is 6.93. The molecular formula is C12H26N2O. The summed E-state index contributed by atoms with van der Waals surface area (Å²) in [6, 6.07) is 0. The van der Waals surface area contributed by atoms with Crippen LogP contribution in [0.25, 0.3) is 0 Å². The molecule has 90 valence electrons. The third-order valence-electron chi connectivity index (χ3n) is 2.77. The quantitative estimate of drug-likeness (QED) is 0.767. The maximum atomic E-state index is 5.73. The van der Waals surface area contributed by atoms with Crippen LogP contribution in [0.3, 0.4) is 0 Å². The molecule has 1 N–H and O–H groups in total. The standard InChI is InChI=1S/C12H26N2O/c1-6-13-12(4,5)9-14-7-10(2)15-11(3)8-14/h10-11,13H,6-9H2,1-5H3/t10-,11+. The molecule has 1 aliphatic heterocycles. The van der Waals surface area contributed by atoms with Gasteiger partial charge in [-0.25, -0.2) is 0 Å². The van der Waals surface area contributed by atoms with E-state index < -0.39 is 0 Å². The van der Waals surface area contributed by atoms with E-state index in [-0.39, 0.29) is 5.54 Å². The zero-order valence-corrected chi connectivity index (χ0v) is 10.8. The van der Waals surface area contributed by atoms with E-state index in [2.05, 4.69) is 44.8 Å². The Bertz CT molecular complexity index is 184. The minimum absolute atomic E-state index is 0.200. The Balaban J connectivity index is 2.43. The summed E-state index contributed by atoms with van der Waals surface area (Å²) < 4.78 is 5.73. The van der Waals surface area contributed by atoms with Gasteiger partial charge in [-0.1, -0.05) is 6.92 Å². The molecule has 0 aromatic carbocycles. The summed E-state index contributed by atoms with van der Waals surface area (Å²) in [5, 5.41) is 3.52. The van der Waals surface area contributed by atoms with Crippen molar-refractivity contribution in [1.82, 2.24) is 10.2 Å². The number of hydrogen-bond acceptors (Lipinski definition) is 3. The zero-order chi connectivity index (χ0) is 11.5. The molecule has 0 spiro atoms. The van der Waals surface area contributed by atoms with E-state index in [1.165, 1.54) is 0 Å². The maximum absolute atomic E-state index is 5.73. The lowest BCUT2D eigenvalue weighted by Gasteiger charge is -2.40. The van der Waals surface area contributed by atoms with Crippen molar-refractivity contribution in [3.8, 4) is 0 Å². The third kappa shape index (κ3) is 4.49. The first-order valence-corrected chi connectivity index (χ1v) is 6.06. The van der Waals surface area contributed by atoms with E-state index in [1.54, 1.807) is 0 Å². The van der Waals surface area contributed by atoms with Gasteiger partial charge in [-0.15, -0.1) is 0 Å². The minimum Gasteiger partial charge on any atom is -0.373 e. The van der Waals surface area contributed by atoms with Gasteiger partial charge in [0.15, 0.2) is 0 Å². The Morgan fingerprint density at radius 1 is 1.27 bits per heavy atom. The number of ether oxygens (including phenoxy) is 1. The maximum Gasteiger partial charge on any atom is 0.0678 e. The average Bonchev–Trinajstić information content (AvgIpc) is 1.99. The van der Waals surface area contributed by atoms with Crippen LogP contribution < -0.4 is 5.32 Å². The second-order valence-electron chi connectivity index (χ2n) is 5.37. The molecule has 3 nitrogen and oxygen atoms in total. The van der Waals surface area contributed by atoms with Crippen molar-refractivity contribution in [2.45, 2.75) is 52.4 Å². The SMILES string of the molecule is CCNC(C)(C)CN1C[C@@H](C)O[C@@H](C)C1. The molecule has 0 amide bonds. The van der Waals surface area contributed by atoms with E-state index in [1.807, 2.05) is 0 Å². The molecule has 0 saturated carbocycles. The highest BCUT2D eigenvalue weighted by molar-refractivity contribution is 4.84. The molecule has 0 aliphatic carbocycles. The molecule has 0 bridgehead atoms. The molecule has 0 radical (unpaired) electrons. The lowest BCUT2D eigenvalue weighted by Crippen LogP contribution is -2.54. The van der Waals surface area contributed by atoms with Gasteiger partial charge < -0.3 is 10.1 Å². The monoisotopic (exact) mass is 214 g/mol. The van der Waals surface area contributed by atoms with Crippen LogP contribution >= 0.6 is 0 Å². The topological polar surface area (TPSA) is 24.5 Å². The van der Waals surface area contributed by atoms with Crippen molar-refractivity contribution in [2.75, 3.05) is 26.2 Å². The molecule has 3 heteroatoms. The van der Waals surface area contributed by atoms with Gasteiger partial charge in [-0.2, -0.15) is 0 Å². The molecule has 0 aromatic heterocycles. The highest BCUT2D eigenvalue weighted by Gasteiger charge is 2.27. The highest BCUT2D eigenvalue weighted by atomic mass is 16.5. The summed E-state index contributed by atoms with van der Waals surface area (Å²) in [5.41, 5.74) is 0.200. The average molecular weight is 214 g/mol. The van der Waals surface area contributed by atoms with Gasteiger partial charge in [0.05, 0.1) is 12.2 Å². The second-order valence-corrected chi connectivity index (χ2v) is 5.37. The molecule has 0 aromatic rings. The summed E-state index contributed by atoms with van der Waals surface area (Å²) >= 11 is 0. The minimum atomic E-state index is 0.200. The normalized spacial score (nSPS) is 29.4. The van der Waals surface area contributed by atoms with Crippen LogP contribution in [-0.4, -0.2) is 48.8 Å². The molecule has 1 heterocycles. The number of nitrogens with one attached hydrogen (secondary N) is 1. The molecule has 1 aliphatic rings. The first-order valence-electron chi connectivity index (χ1n) is 6.06. The first kappa shape index (κ1) is 12.9. The lowest BCUT2D eigenvalue weighted by atomic mass is 10.0. The number of hydrogen-bond donors (Lipinski definition) is 1. The van der Waals surface area contributed by atoms with Gasteiger partial charge in [0.1, 0.15) is 0 Å². The van der Waals surface area contributed by atoms with E-state index in [0.29, 0.717) is 12.2 Å². The van der Waals surface area contributed by atoms with Crippen molar-refractivity contribution in [3.05, 3.63) is 0 Å². The van der Waals surface area contributed by atoms with Crippen LogP contribution in [0.2, 0.25) is 0 Å². The predicted octanol–water partition coefficient (Wildman–Crippen LogP) is 1.48. The summed E-state index contributed by atoms with van der Waals surface area (Å²) in [6.07, 6.45) is 0.734. The predicted molar refractivity (Wildman–Crippen MR) is 64.2 cm³/mol. The fourth-order valence-corrected chi connectivity index (χ4v) is 2.51. The van der Waals surface area contributed by atoms with Crippen LogP contribution in [0, 0.1) is 0 Å². The largest absolute Gasteiger partial charge is 0.373 e. The van der Waals surface area contributed by atoms with Crippen LogP contribution in [0.1, 0.15) is 34.6 Å². The van der Waals surface area contributed by atoms with Gasteiger partial charge in [-0.3, -0.25) is 4.90 Å². The van der Waals surface area contributed by atoms with Gasteiger partial charge in [0.25, 0.3) is 0 Å². The summed E-state index contributed by atoms with van der Waals surface area (Å²) in [5.74, 6) is 0. The van der Waals surface area contributed by atoms with Crippen molar-refractivity contribution >= 4 is 0 Å². The Morgan fingerprint density at radius 2 is 1.80 bits per heavy atom. The zero-order valence-electron chi connectivity index (χ0n) is 10.8. The smallest absolute Gasteiger partial charge is 0.0678 e. The summed E-state index contributed by atoms with van der Waals surface area (Å²) in [6.45, 7) is 15.2. The van der Waals surface area contributed by atoms with Crippen LogP contribution in [0.15, 0.2) is 0 Å². The van der Waals surface area contributed by atoms with Crippen LogP contribution in [-0.2, 0) is 4.74 Å². The molecule has 1 rings (SSSR count). The van der Waals surface area contributed by atoms with Crippen molar-refractivity contribution in [1.29, 1.82) is 0 Å². The van der Waals surface area contributed by atoms with Crippen molar-refractivity contribution < 1.29 is 4.74 Å². The van der Waals surface area contributed by atoms with Crippen molar-refractivity contribution in [3.63, 3.8) is 0 Å². The fraction of sp³-hybridized carbons (Fsp3) is 1.00. The number of morpholine rings is 1. The number of likely N-dealkylation sites (N-methyl/N-ethyl adjacent to an activating group) is 1. The Kier molecular flexibility index (Phi) is 4.56. The highest BCUT2D eigenvalue weighted by Crippen LogP contribution is 2.14. The Morgan fingerprint density at radius 3 is 2.27 bits per heavy atom. The third-order valence-corrected chi connectivity index (χ3v) is 2.77. The molecular weight excluding hydrogens is 188 g/mol. The van der Waals surface area contributed by atoms with Gasteiger partial charge in [-0.05, 0) is 34.2 Å². The van der Waals surface area contributed by atoms with Crippen molar-refractivity contribution in [2.24, 2.45) is 0 Å². The van der Waals surface area contributed by atoms with Gasteiger partial charge in [0, 0.05) is 25.2 Å². The fourth-order valence-electron chi connectivity index (χ4n) is 2.51. The van der Waals surface area contributed by atoms with E-state index in [9.17, 15) is 0 Å². The Hall–Kier alpha value is -0.120. The van der Waals surface area contributed by atoms with E-state index in [4.69, 9.17) is 4.74 Å². The lowest BCUT2D eigenvalue weighted by molar-refractivity contribution is -0.0727. The molecule has 0 unspecified atom stereocenters. The van der Waals surface area contributed by atoms with Crippen LogP contribution in [0.5, 0.6) is 0 Å².